The molecule has 4 amide bonds. The second kappa shape index (κ2) is 14.5. The Bertz CT molecular complexity index is 973. The molecule has 198 valence electrons. The Morgan fingerprint density at radius 3 is 1.89 bits per heavy atom. The zero-order chi connectivity index (χ0) is 27.4. The number of carbonyl (C=O) groups excluding carboxylic acids is 4. The normalized spacial score (nSPS) is 13.9. The van der Waals surface area contributed by atoms with Crippen LogP contribution in [0.4, 0.5) is 0 Å². The Balaban J connectivity index is 3.03. The number of nitrogens with two attached hydrogens (primary N) is 2. The molecular formula is C21H29N5O9S. The standard InChI is InChI=1S/C21H29N5O9S/c22-12(9-36)18(31)24-13(5-6-16(23)28)19(32)25-14(8-17(29)30)20(33)26-15(21(34)35)7-10-1-3-11(27)4-2-10/h1-4,12-15,27,36H,5-9,22H2,(H2,23,28)(H,24,31)(H,25,32)(H,26,33)(H,29,30)(H,34,35). The van der Waals surface area contributed by atoms with E-state index in [-0.39, 0.29) is 30.8 Å². The molecular weight excluding hydrogens is 498 g/mol. The van der Waals surface area contributed by atoms with Gasteiger partial charge in [-0.2, -0.15) is 12.6 Å². The van der Waals surface area contributed by atoms with Crippen LogP contribution in [0, 0.1) is 0 Å². The highest BCUT2D eigenvalue weighted by atomic mass is 32.1. The van der Waals surface area contributed by atoms with Crippen LogP contribution in [0.1, 0.15) is 24.8 Å². The van der Waals surface area contributed by atoms with Crippen molar-refractivity contribution in [2.24, 2.45) is 11.5 Å². The molecule has 0 aliphatic carbocycles. The fraction of sp³-hybridized carbons (Fsp3) is 0.429. The van der Waals surface area contributed by atoms with Crippen LogP contribution >= 0.6 is 12.6 Å². The molecule has 1 rings (SSSR count). The number of benzene rings is 1. The summed E-state index contributed by atoms with van der Waals surface area (Å²) in [5.41, 5.74) is 11.1. The number of phenols is 1. The predicted molar refractivity (Wildman–Crippen MR) is 128 cm³/mol. The van der Waals surface area contributed by atoms with Crippen LogP contribution in [0.15, 0.2) is 24.3 Å². The molecule has 0 aliphatic heterocycles. The summed E-state index contributed by atoms with van der Waals surface area (Å²) in [6.07, 6.45) is -1.70. The molecule has 4 unspecified atom stereocenters. The average molecular weight is 528 g/mol. The number of phenolic OH excluding ortho intramolecular Hbond substituents is 1. The number of hydrogen-bond acceptors (Lipinski definition) is 9. The van der Waals surface area contributed by atoms with Gasteiger partial charge in [0.2, 0.25) is 23.6 Å². The van der Waals surface area contributed by atoms with Gasteiger partial charge in [0.15, 0.2) is 0 Å². The molecule has 0 heterocycles. The van der Waals surface area contributed by atoms with E-state index in [9.17, 15) is 44.1 Å². The van der Waals surface area contributed by atoms with E-state index >= 15 is 0 Å². The minimum Gasteiger partial charge on any atom is -0.508 e. The number of carboxylic acid groups (broad SMARTS) is 2. The molecule has 0 bridgehead atoms. The fourth-order valence-electron chi connectivity index (χ4n) is 2.91. The zero-order valence-electron chi connectivity index (χ0n) is 19.0. The zero-order valence-corrected chi connectivity index (χ0v) is 19.9. The monoisotopic (exact) mass is 527 g/mol. The molecule has 0 aromatic heterocycles. The second-order valence-electron chi connectivity index (χ2n) is 7.78. The maximum atomic E-state index is 12.8. The molecule has 1 aromatic carbocycles. The average Bonchev–Trinajstić information content (AvgIpc) is 2.80. The lowest BCUT2D eigenvalue weighted by molar-refractivity contribution is -0.143. The van der Waals surface area contributed by atoms with Gasteiger partial charge in [-0.1, -0.05) is 12.1 Å². The lowest BCUT2D eigenvalue weighted by Crippen LogP contribution is -2.58. The molecule has 0 fully saturated rings. The highest BCUT2D eigenvalue weighted by Gasteiger charge is 2.31. The third kappa shape index (κ3) is 10.6. The summed E-state index contributed by atoms with van der Waals surface area (Å²) in [4.78, 5) is 71.8. The quantitative estimate of drug-likeness (QED) is 0.108. The van der Waals surface area contributed by atoms with Gasteiger partial charge in [0, 0.05) is 18.6 Å². The van der Waals surface area contributed by atoms with Crippen molar-refractivity contribution >= 4 is 48.2 Å². The van der Waals surface area contributed by atoms with Gasteiger partial charge in [0.05, 0.1) is 12.5 Å². The third-order valence-corrected chi connectivity index (χ3v) is 5.24. The molecule has 15 heteroatoms. The minimum absolute atomic E-state index is 0.0489. The number of hydrogen-bond donors (Lipinski definition) is 9. The van der Waals surface area contributed by atoms with Crippen molar-refractivity contribution in [3.8, 4) is 5.75 Å². The summed E-state index contributed by atoms with van der Waals surface area (Å²) < 4.78 is 0. The van der Waals surface area contributed by atoms with Crippen LogP contribution in [0.3, 0.4) is 0 Å². The molecule has 0 saturated carbocycles. The van der Waals surface area contributed by atoms with Gasteiger partial charge in [-0.3, -0.25) is 24.0 Å². The number of aliphatic carboxylic acids is 2. The number of nitrogens with one attached hydrogen (secondary N) is 3. The number of carbonyl (C=O) groups is 6. The Hall–Kier alpha value is -3.85. The van der Waals surface area contributed by atoms with Gasteiger partial charge < -0.3 is 42.7 Å². The van der Waals surface area contributed by atoms with E-state index in [0.717, 1.165) is 0 Å². The molecule has 4 atom stereocenters. The number of thiol groups is 1. The summed E-state index contributed by atoms with van der Waals surface area (Å²) in [7, 11) is 0. The first kappa shape index (κ1) is 30.2. The van der Waals surface area contributed by atoms with E-state index in [1.807, 2.05) is 0 Å². The van der Waals surface area contributed by atoms with Crippen LogP contribution in [-0.2, 0) is 35.2 Å². The first-order valence-electron chi connectivity index (χ1n) is 10.6. The summed E-state index contributed by atoms with van der Waals surface area (Å²) in [6.45, 7) is 0. The van der Waals surface area contributed by atoms with Crippen LogP contribution in [0.2, 0.25) is 0 Å². The smallest absolute Gasteiger partial charge is 0.326 e. The molecule has 14 nitrogen and oxygen atoms in total. The van der Waals surface area contributed by atoms with Crippen molar-refractivity contribution in [2.45, 2.75) is 49.9 Å². The third-order valence-electron chi connectivity index (χ3n) is 4.85. The molecule has 0 aliphatic rings. The van der Waals surface area contributed by atoms with Gasteiger partial charge in [0.25, 0.3) is 0 Å². The van der Waals surface area contributed by atoms with Crippen molar-refractivity contribution in [3.05, 3.63) is 29.8 Å². The number of aromatic hydroxyl groups is 1. The summed E-state index contributed by atoms with van der Waals surface area (Å²) >= 11 is 3.88. The molecule has 0 saturated heterocycles. The van der Waals surface area contributed by atoms with E-state index < -0.39 is 66.2 Å². The lowest BCUT2D eigenvalue weighted by atomic mass is 10.0. The molecule has 10 N–H and O–H groups in total. The van der Waals surface area contributed by atoms with Crippen molar-refractivity contribution in [1.29, 1.82) is 0 Å². The van der Waals surface area contributed by atoms with Crippen LogP contribution in [0.25, 0.3) is 0 Å². The Kier molecular flexibility index (Phi) is 12.2. The Morgan fingerprint density at radius 1 is 0.861 bits per heavy atom. The largest absolute Gasteiger partial charge is 0.508 e. The summed E-state index contributed by atoms with van der Waals surface area (Å²) in [5.74, 6) is -6.69. The van der Waals surface area contributed by atoms with Crippen LogP contribution in [-0.4, -0.2) is 80.8 Å². The van der Waals surface area contributed by atoms with Gasteiger partial charge in [-0.25, -0.2) is 4.79 Å². The van der Waals surface area contributed by atoms with E-state index in [1.165, 1.54) is 24.3 Å². The maximum Gasteiger partial charge on any atom is 0.326 e. The SMILES string of the molecule is NC(=O)CCC(NC(=O)C(N)CS)C(=O)NC(CC(=O)O)C(=O)NC(Cc1ccc(O)cc1)C(=O)O. The maximum absolute atomic E-state index is 12.8. The first-order chi connectivity index (χ1) is 16.8. The van der Waals surface area contributed by atoms with Crippen molar-refractivity contribution in [1.82, 2.24) is 16.0 Å². The minimum atomic E-state index is -1.72. The summed E-state index contributed by atoms with van der Waals surface area (Å²) in [6, 6.07) is -0.172. The topological polar surface area (TPSA) is 251 Å². The van der Waals surface area contributed by atoms with Crippen molar-refractivity contribution < 1.29 is 44.1 Å². The Labute approximate surface area is 211 Å². The molecule has 36 heavy (non-hydrogen) atoms. The second-order valence-corrected chi connectivity index (χ2v) is 8.15. The van der Waals surface area contributed by atoms with Crippen molar-refractivity contribution in [2.75, 3.05) is 5.75 Å². The molecule has 0 spiro atoms. The number of amides is 4. The van der Waals surface area contributed by atoms with E-state index in [2.05, 4.69) is 28.6 Å². The molecule has 0 radical (unpaired) electrons. The van der Waals surface area contributed by atoms with Crippen molar-refractivity contribution in [3.63, 3.8) is 0 Å². The first-order valence-corrected chi connectivity index (χ1v) is 11.3. The number of carboxylic acids is 2. The summed E-state index contributed by atoms with van der Waals surface area (Å²) in [5, 5.41) is 34.7. The van der Waals surface area contributed by atoms with Gasteiger partial charge in [-0.15, -0.1) is 0 Å². The van der Waals surface area contributed by atoms with E-state index in [4.69, 9.17) is 11.5 Å². The fourth-order valence-corrected chi connectivity index (χ4v) is 3.08. The highest BCUT2D eigenvalue weighted by molar-refractivity contribution is 7.80. The predicted octanol–water partition coefficient (Wildman–Crippen LogP) is -2.53. The number of primary amides is 1. The Morgan fingerprint density at radius 2 is 1.39 bits per heavy atom. The number of rotatable bonds is 15. The molecule has 1 aromatic rings. The van der Waals surface area contributed by atoms with Gasteiger partial charge >= 0.3 is 11.9 Å². The van der Waals surface area contributed by atoms with Crippen LogP contribution < -0.4 is 27.4 Å². The van der Waals surface area contributed by atoms with E-state index in [0.29, 0.717) is 5.56 Å². The van der Waals surface area contributed by atoms with Crippen LogP contribution in [0.5, 0.6) is 5.75 Å². The highest BCUT2D eigenvalue weighted by Crippen LogP contribution is 2.12. The lowest BCUT2D eigenvalue weighted by Gasteiger charge is -2.24. The van der Waals surface area contributed by atoms with E-state index in [1.54, 1.807) is 0 Å². The van der Waals surface area contributed by atoms with Gasteiger partial charge in [-0.05, 0) is 24.1 Å². The van der Waals surface area contributed by atoms with Gasteiger partial charge in [0.1, 0.15) is 23.9 Å².